The Morgan fingerprint density at radius 1 is 1.38 bits per heavy atom. The van der Waals surface area contributed by atoms with E-state index in [1.165, 1.54) is 11.6 Å². The van der Waals surface area contributed by atoms with Crippen LogP contribution < -0.4 is 5.56 Å². The molecular formula is C9H8N2OS. The molecule has 2 aromatic heterocycles. The first-order chi connectivity index (χ1) is 6.27. The Morgan fingerprint density at radius 2 is 2.23 bits per heavy atom. The van der Waals surface area contributed by atoms with Crippen LogP contribution in [0.25, 0.3) is 10.6 Å². The number of nitrogens with zero attached hydrogens (tertiary/aromatic N) is 1. The zero-order chi connectivity index (χ0) is 9.26. The predicted octanol–water partition coefficient (Wildman–Crippen LogP) is 1.81. The number of aromatic nitrogens is 2. The molecule has 13 heavy (non-hydrogen) atoms. The third-order valence-corrected chi connectivity index (χ3v) is 2.81. The topological polar surface area (TPSA) is 45.8 Å². The van der Waals surface area contributed by atoms with Crippen molar-refractivity contribution in [2.45, 2.75) is 6.92 Å². The zero-order valence-electron chi connectivity index (χ0n) is 7.07. The van der Waals surface area contributed by atoms with E-state index in [1.54, 1.807) is 17.4 Å². The van der Waals surface area contributed by atoms with E-state index in [9.17, 15) is 4.79 Å². The van der Waals surface area contributed by atoms with Crippen molar-refractivity contribution in [1.29, 1.82) is 0 Å². The molecule has 0 aliphatic heterocycles. The third-order valence-electron chi connectivity index (χ3n) is 1.77. The van der Waals surface area contributed by atoms with E-state index in [1.807, 2.05) is 18.4 Å². The number of hydrogen-bond donors (Lipinski definition) is 1. The molecule has 66 valence electrons. The van der Waals surface area contributed by atoms with Gasteiger partial charge in [0.25, 0.3) is 5.56 Å². The van der Waals surface area contributed by atoms with Crippen molar-refractivity contribution in [1.82, 2.24) is 10.2 Å². The molecule has 0 aliphatic carbocycles. The quantitative estimate of drug-likeness (QED) is 0.749. The number of nitrogens with one attached hydrogen (secondary N) is 1. The van der Waals surface area contributed by atoms with E-state index in [0.29, 0.717) is 0 Å². The van der Waals surface area contributed by atoms with Gasteiger partial charge in [-0.05, 0) is 30.0 Å². The zero-order valence-corrected chi connectivity index (χ0v) is 7.89. The number of rotatable bonds is 1. The molecular weight excluding hydrogens is 184 g/mol. The minimum absolute atomic E-state index is 0.169. The molecule has 0 saturated heterocycles. The van der Waals surface area contributed by atoms with Crippen molar-refractivity contribution >= 4 is 11.3 Å². The Kier molecular flexibility index (Phi) is 1.98. The molecule has 0 unspecified atom stereocenters. The molecule has 0 fully saturated rings. The average Bonchev–Trinajstić information content (AvgIpc) is 2.53. The number of aromatic amines is 1. The van der Waals surface area contributed by atoms with E-state index in [0.717, 1.165) is 10.6 Å². The highest BCUT2D eigenvalue weighted by Gasteiger charge is 2.03. The van der Waals surface area contributed by atoms with E-state index in [2.05, 4.69) is 10.2 Å². The SMILES string of the molecule is Cc1ccsc1-c1ccc(=O)[nH]n1. The fourth-order valence-corrected chi connectivity index (χ4v) is 2.00. The smallest absolute Gasteiger partial charge is 0.264 e. The molecule has 0 saturated carbocycles. The van der Waals surface area contributed by atoms with E-state index in [-0.39, 0.29) is 5.56 Å². The molecule has 0 bridgehead atoms. The molecule has 2 rings (SSSR count). The maximum absolute atomic E-state index is 10.8. The van der Waals surface area contributed by atoms with Crippen LogP contribution in [0, 0.1) is 6.92 Å². The highest BCUT2D eigenvalue weighted by atomic mass is 32.1. The highest BCUT2D eigenvalue weighted by molar-refractivity contribution is 7.13. The highest BCUT2D eigenvalue weighted by Crippen LogP contribution is 2.25. The first kappa shape index (κ1) is 8.19. The lowest BCUT2D eigenvalue weighted by Crippen LogP contribution is -2.05. The van der Waals surface area contributed by atoms with Gasteiger partial charge in [-0.1, -0.05) is 0 Å². The molecule has 0 atom stereocenters. The summed E-state index contributed by atoms with van der Waals surface area (Å²) in [5, 5.41) is 8.38. The summed E-state index contributed by atoms with van der Waals surface area (Å²) < 4.78 is 0. The molecule has 0 radical (unpaired) electrons. The Balaban J connectivity index is 2.53. The van der Waals surface area contributed by atoms with Gasteiger partial charge in [-0.2, -0.15) is 5.10 Å². The van der Waals surface area contributed by atoms with Gasteiger partial charge in [0.05, 0.1) is 4.88 Å². The Bertz CT molecular complexity index is 452. The summed E-state index contributed by atoms with van der Waals surface area (Å²) in [6.07, 6.45) is 0. The maximum Gasteiger partial charge on any atom is 0.264 e. The van der Waals surface area contributed by atoms with Crippen molar-refractivity contribution in [3.63, 3.8) is 0 Å². The van der Waals surface area contributed by atoms with Crippen LogP contribution in [-0.4, -0.2) is 10.2 Å². The van der Waals surface area contributed by atoms with Crippen molar-refractivity contribution in [3.05, 3.63) is 39.5 Å². The standard InChI is InChI=1S/C9H8N2OS/c1-6-4-5-13-9(6)7-2-3-8(12)11-10-7/h2-5H,1H3,(H,11,12). The second kappa shape index (κ2) is 3.14. The van der Waals surface area contributed by atoms with Crippen molar-refractivity contribution in [2.24, 2.45) is 0 Å². The predicted molar refractivity (Wildman–Crippen MR) is 52.9 cm³/mol. The van der Waals surface area contributed by atoms with Crippen LogP contribution in [0.2, 0.25) is 0 Å². The molecule has 0 aliphatic rings. The molecule has 2 aromatic rings. The van der Waals surface area contributed by atoms with Crippen LogP contribution in [0.5, 0.6) is 0 Å². The van der Waals surface area contributed by atoms with Crippen molar-refractivity contribution in [2.75, 3.05) is 0 Å². The Hall–Kier alpha value is -1.42. The molecule has 1 N–H and O–H groups in total. The largest absolute Gasteiger partial charge is 0.268 e. The average molecular weight is 192 g/mol. The normalized spacial score (nSPS) is 10.2. The van der Waals surface area contributed by atoms with Crippen LogP contribution in [0.3, 0.4) is 0 Å². The summed E-state index contributed by atoms with van der Waals surface area (Å²) in [5.41, 5.74) is 1.84. The Morgan fingerprint density at radius 3 is 2.77 bits per heavy atom. The van der Waals surface area contributed by atoms with Crippen LogP contribution in [0.15, 0.2) is 28.4 Å². The van der Waals surface area contributed by atoms with E-state index < -0.39 is 0 Å². The maximum atomic E-state index is 10.8. The lowest BCUT2D eigenvalue weighted by atomic mass is 10.2. The van der Waals surface area contributed by atoms with Crippen LogP contribution in [0.4, 0.5) is 0 Å². The minimum Gasteiger partial charge on any atom is -0.268 e. The first-order valence-corrected chi connectivity index (χ1v) is 4.75. The number of thiophene rings is 1. The summed E-state index contributed by atoms with van der Waals surface area (Å²) in [4.78, 5) is 11.9. The summed E-state index contributed by atoms with van der Waals surface area (Å²) in [7, 11) is 0. The summed E-state index contributed by atoms with van der Waals surface area (Å²) in [6, 6.07) is 5.26. The lowest BCUT2D eigenvalue weighted by molar-refractivity contribution is 0.997. The van der Waals surface area contributed by atoms with Crippen LogP contribution in [0.1, 0.15) is 5.56 Å². The molecule has 4 heteroatoms. The second-order valence-electron chi connectivity index (χ2n) is 2.74. The van der Waals surface area contributed by atoms with Crippen molar-refractivity contribution in [3.8, 4) is 10.6 Å². The van der Waals surface area contributed by atoms with E-state index in [4.69, 9.17) is 0 Å². The summed E-state index contributed by atoms with van der Waals surface area (Å²) in [5.74, 6) is 0. The van der Waals surface area contributed by atoms with Crippen LogP contribution in [-0.2, 0) is 0 Å². The number of aryl methyl sites for hydroxylation is 1. The van der Waals surface area contributed by atoms with Gasteiger partial charge in [0, 0.05) is 6.07 Å². The monoisotopic (exact) mass is 192 g/mol. The number of H-pyrrole nitrogens is 1. The van der Waals surface area contributed by atoms with Gasteiger partial charge in [0.2, 0.25) is 0 Å². The fraction of sp³-hybridized carbons (Fsp3) is 0.111. The van der Waals surface area contributed by atoms with Crippen molar-refractivity contribution < 1.29 is 0 Å². The summed E-state index contributed by atoms with van der Waals surface area (Å²) >= 11 is 1.62. The second-order valence-corrected chi connectivity index (χ2v) is 3.66. The minimum atomic E-state index is -0.169. The van der Waals surface area contributed by atoms with Gasteiger partial charge >= 0.3 is 0 Å². The molecule has 0 spiro atoms. The molecule has 2 heterocycles. The third kappa shape index (κ3) is 1.53. The Labute approximate surface area is 79.1 Å². The first-order valence-electron chi connectivity index (χ1n) is 3.87. The van der Waals surface area contributed by atoms with E-state index >= 15 is 0 Å². The molecule has 0 aromatic carbocycles. The lowest BCUT2D eigenvalue weighted by Gasteiger charge is -1.95. The number of hydrogen-bond acceptors (Lipinski definition) is 3. The van der Waals surface area contributed by atoms with Gasteiger partial charge in [0.1, 0.15) is 5.69 Å². The fourth-order valence-electron chi connectivity index (χ4n) is 1.11. The van der Waals surface area contributed by atoms with Gasteiger partial charge in [-0.3, -0.25) is 4.79 Å². The van der Waals surface area contributed by atoms with Gasteiger partial charge in [-0.25, -0.2) is 5.10 Å². The molecule has 0 amide bonds. The van der Waals surface area contributed by atoms with Gasteiger partial charge in [0.15, 0.2) is 0 Å². The molecule has 3 nitrogen and oxygen atoms in total. The van der Waals surface area contributed by atoms with Gasteiger partial charge in [-0.15, -0.1) is 11.3 Å². The summed E-state index contributed by atoms with van der Waals surface area (Å²) in [6.45, 7) is 2.03. The van der Waals surface area contributed by atoms with Gasteiger partial charge < -0.3 is 0 Å². The van der Waals surface area contributed by atoms with Crippen LogP contribution >= 0.6 is 11.3 Å².